The first-order valence-electron chi connectivity index (χ1n) is 10.8. The summed E-state index contributed by atoms with van der Waals surface area (Å²) in [7, 11) is 1.63. The summed E-state index contributed by atoms with van der Waals surface area (Å²) in [6.45, 7) is 5.27. The van der Waals surface area contributed by atoms with Crippen LogP contribution in [0.15, 0.2) is 24.5 Å². The Kier molecular flexibility index (Phi) is 8.13. The van der Waals surface area contributed by atoms with E-state index in [1.807, 2.05) is 30.1 Å². The Hall–Kier alpha value is -1.64. The standard InChI is InChI=1S/C22H34N4O3S/c1-18(17-30-3)24-12-8-22(9-13-24)20(27)25(21(28)26(22)14-15-29-2)11-5-7-19-6-4-10-23-16-19/h4,6,10,16,18H,5,7-9,11-15,17H2,1-3H3/t18-/m1/s1. The molecule has 8 heteroatoms. The number of aryl methyl sites for hydroxylation is 1. The molecule has 0 aromatic carbocycles. The number of imide groups is 1. The maximum atomic E-state index is 13.5. The second kappa shape index (κ2) is 10.6. The van der Waals surface area contributed by atoms with E-state index in [0.29, 0.717) is 38.6 Å². The summed E-state index contributed by atoms with van der Waals surface area (Å²) in [4.78, 5) is 36.6. The maximum absolute atomic E-state index is 13.5. The number of methoxy groups -OCH3 is 1. The third kappa shape index (κ3) is 4.81. The molecule has 2 fully saturated rings. The molecule has 0 radical (unpaired) electrons. The number of hydrogen-bond acceptors (Lipinski definition) is 6. The Balaban J connectivity index is 1.68. The summed E-state index contributed by atoms with van der Waals surface area (Å²) < 4.78 is 5.24. The smallest absolute Gasteiger partial charge is 0.327 e. The molecule has 0 saturated carbocycles. The van der Waals surface area contributed by atoms with Gasteiger partial charge in [0.1, 0.15) is 5.54 Å². The second-order valence-corrected chi connectivity index (χ2v) is 9.13. The molecule has 1 atom stereocenters. The zero-order valence-corrected chi connectivity index (χ0v) is 19.2. The van der Waals surface area contributed by atoms with E-state index in [2.05, 4.69) is 23.1 Å². The number of hydrogen-bond donors (Lipinski definition) is 0. The number of aromatic nitrogens is 1. The van der Waals surface area contributed by atoms with Crippen LogP contribution in [0.5, 0.6) is 0 Å². The zero-order chi connectivity index (χ0) is 21.6. The summed E-state index contributed by atoms with van der Waals surface area (Å²) in [5.41, 5.74) is 0.415. The predicted octanol–water partition coefficient (Wildman–Crippen LogP) is 2.51. The minimum Gasteiger partial charge on any atom is -0.383 e. The Labute approximate surface area is 184 Å². The molecular formula is C22H34N4O3S. The molecule has 0 bridgehead atoms. The number of likely N-dealkylation sites (tertiary alicyclic amines) is 1. The molecule has 3 amide bonds. The quantitative estimate of drug-likeness (QED) is 0.527. The first-order chi connectivity index (χ1) is 14.5. The van der Waals surface area contributed by atoms with Gasteiger partial charge in [0.2, 0.25) is 0 Å². The van der Waals surface area contributed by atoms with Gasteiger partial charge in [-0.2, -0.15) is 11.8 Å². The molecule has 7 nitrogen and oxygen atoms in total. The number of nitrogens with zero attached hydrogens (tertiary/aromatic N) is 4. The van der Waals surface area contributed by atoms with Crippen LogP contribution < -0.4 is 0 Å². The van der Waals surface area contributed by atoms with Crippen molar-refractivity contribution in [3.05, 3.63) is 30.1 Å². The monoisotopic (exact) mass is 434 g/mol. The Morgan fingerprint density at radius 1 is 1.27 bits per heavy atom. The summed E-state index contributed by atoms with van der Waals surface area (Å²) in [6.07, 6.45) is 8.64. The molecule has 2 aliphatic rings. The van der Waals surface area contributed by atoms with Gasteiger partial charge in [-0.1, -0.05) is 6.07 Å². The lowest BCUT2D eigenvalue weighted by atomic mass is 9.85. The minimum absolute atomic E-state index is 0.0213. The molecule has 1 aromatic rings. The van der Waals surface area contributed by atoms with E-state index in [-0.39, 0.29) is 11.9 Å². The van der Waals surface area contributed by atoms with Crippen molar-refractivity contribution in [2.75, 3.05) is 51.9 Å². The summed E-state index contributed by atoms with van der Waals surface area (Å²) >= 11 is 1.84. The summed E-state index contributed by atoms with van der Waals surface area (Å²) in [6, 6.07) is 4.26. The van der Waals surface area contributed by atoms with Crippen molar-refractivity contribution in [2.45, 2.75) is 44.2 Å². The number of thioether (sulfide) groups is 1. The van der Waals surface area contributed by atoms with Crippen LogP contribution in [-0.4, -0.2) is 95.1 Å². The van der Waals surface area contributed by atoms with Gasteiger partial charge < -0.3 is 9.64 Å². The Morgan fingerprint density at radius 3 is 2.67 bits per heavy atom. The van der Waals surface area contributed by atoms with Gasteiger partial charge in [-0.15, -0.1) is 0 Å². The summed E-state index contributed by atoms with van der Waals surface area (Å²) in [5, 5.41) is 0. The van der Waals surface area contributed by atoms with Gasteiger partial charge in [-0.25, -0.2) is 4.79 Å². The van der Waals surface area contributed by atoms with E-state index in [1.165, 1.54) is 4.90 Å². The minimum atomic E-state index is -0.709. The Bertz CT molecular complexity index is 710. The van der Waals surface area contributed by atoms with Crippen LogP contribution in [0.4, 0.5) is 4.79 Å². The fourth-order valence-corrected chi connectivity index (χ4v) is 5.32. The first kappa shape index (κ1) is 23.0. The highest BCUT2D eigenvalue weighted by Gasteiger charge is 2.57. The van der Waals surface area contributed by atoms with E-state index in [0.717, 1.165) is 37.2 Å². The average Bonchev–Trinajstić information content (AvgIpc) is 2.95. The molecule has 0 aliphatic carbocycles. The van der Waals surface area contributed by atoms with Crippen LogP contribution in [0.2, 0.25) is 0 Å². The van der Waals surface area contributed by atoms with Gasteiger partial charge in [0.25, 0.3) is 5.91 Å². The van der Waals surface area contributed by atoms with Gasteiger partial charge in [0.05, 0.1) is 6.61 Å². The van der Waals surface area contributed by atoms with E-state index >= 15 is 0 Å². The molecule has 2 saturated heterocycles. The number of carbonyl (C=O) groups excluding carboxylic acids is 2. The van der Waals surface area contributed by atoms with Crippen LogP contribution >= 0.6 is 11.8 Å². The van der Waals surface area contributed by atoms with Crippen molar-refractivity contribution in [1.29, 1.82) is 0 Å². The number of pyridine rings is 1. The maximum Gasteiger partial charge on any atom is 0.327 e. The molecule has 166 valence electrons. The summed E-state index contributed by atoms with van der Waals surface area (Å²) in [5.74, 6) is 1.06. The molecule has 3 heterocycles. The highest BCUT2D eigenvalue weighted by atomic mass is 32.2. The number of ether oxygens (including phenoxy) is 1. The van der Waals surface area contributed by atoms with Crippen molar-refractivity contribution >= 4 is 23.7 Å². The van der Waals surface area contributed by atoms with E-state index in [9.17, 15) is 9.59 Å². The molecule has 30 heavy (non-hydrogen) atoms. The molecule has 3 rings (SSSR count). The topological polar surface area (TPSA) is 66.0 Å². The lowest BCUT2D eigenvalue weighted by Gasteiger charge is -2.44. The third-order valence-corrected chi connectivity index (χ3v) is 7.18. The number of urea groups is 1. The number of amides is 3. The van der Waals surface area contributed by atoms with Gasteiger partial charge >= 0.3 is 6.03 Å². The lowest BCUT2D eigenvalue weighted by Crippen LogP contribution is -2.58. The van der Waals surface area contributed by atoms with Crippen LogP contribution in [0, 0.1) is 0 Å². The number of carbonyl (C=O) groups is 2. The molecule has 1 spiro atoms. The predicted molar refractivity (Wildman–Crippen MR) is 120 cm³/mol. The van der Waals surface area contributed by atoms with Crippen molar-refractivity contribution in [3.8, 4) is 0 Å². The molecule has 2 aliphatic heterocycles. The largest absolute Gasteiger partial charge is 0.383 e. The fraction of sp³-hybridized carbons (Fsp3) is 0.682. The van der Waals surface area contributed by atoms with Crippen molar-refractivity contribution < 1.29 is 14.3 Å². The average molecular weight is 435 g/mol. The van der Waals surface area contributed by atoms with Crippen molar-refractivity contribution in [1.82, 2.24) is 19.7 Å². The number of piperidine rings is 1. The lowest BCUT2D eigenvalue weighted by molar-refractivity contribution is -0.136. The normalized spacial score (nSPS) is 20.4. The van der Waals surface area contributed by atoms with Gasteiger partial charge in [-0.05, 0) is 50.5 Å². The zero-order valence-electron chi connectivity index (χ0n) is 18.4. The first-order valence-corrected chi connectivity index (χ1v) is 12.2. The SMILES string of the molecule is COCCN1C(=O)N(CCCc2cccnc2)C(=O)C12CCN([C@H](C)CSC)CC2. The molecule has 0 N–H and O–H groups in total. The van der Waals surface area contributed by atoms with E-state index in [4.69, 9.17) is 4.74 Å². The van der Waals surface area contributed by atoms with Gasteiger partial charge in [0, 0.05) is 57.5 Å². The molecule has 1 aromatic heterocycles. The van der Waals surface area contributed by atoms with Crippen LogP contribution in [0.25, 0.3) is 0 Å². The van der Waals surface area contributed by atoms with Gasteiger partial charge in [0.15, 0.2) is 0 Å². The highest BCUT2D eigenvalue weighted by molar-refractivity contribution is 7.98. The van der Waals surface area contributed by atoms with Crippen LogP contribution in [-0.2, 0) is 16.0 Å². The number of rotatable bonds is 10. The molecular weight excluding hydrogens is 400 g/mol. The highest BCUT2D eigenvalue weighted by Crippen LogP contribution is 2.38. The van der Waals surface area contributed by atoms with Crippen LogP contribution in [0.3, 0.4) is 0 Å². The van der Waals surface area contributed by atoms with Crippen molar-refractivity contribution in [3.63, 3.8) is 0 Å². The van der Waals surface area contributed by atoms with E-state index < -0.39 is 5.54 Å². The van der Waals surface area contributed by atoms with E-state index in [1.54, 1.807) is 18.2 Å². The fourth-order valence-electron chi connectivity index (χ4n) is 4.62. The second-order valence-electron chi connectivity index (χ2n) is 8.22. The van der Waals surface area contributed by atoms with Crippen molar-refractivity contribution in [2.24, 2.45) is 0 Å². The molecule has 0 unspecified atom stereocenters. The Morgan fingerprint density at radius 2 is 2.03 bits per heavy atom. The van der Waals surface area contributed by atoms with Gasteiger partial charge in [-0.3, -0.25) is 19.6 Å². The van der Waals surface area contributed by atoms with Crippen LogP contribution in [0.1, 0.15) is 31.7 Å². The third-order valence-electron chi connectivity index (χ3n) is 6.37.